The summed E-state index contributed by atoms with van der Waals surface area (Å²) >= 11 is 0. The molecular formula is C21H16FN3O5S. The number of carbonyl (C=O) groups is 1. The molecule has 0 saturated heterocycles. The number of carbonyl (C=O) groups excluding carboxylic acids is 1. The van der Waals surface area contributed by atoms with Gasteiger partial charge < -0.3 is 5.32 Å². The van der Waals surface area contributed by atoms with Gasteiger partial charge in [-0.3, -0.25) is 19.6 Å². The summed E-state index contributed by atoms with van der Waals surface area (Å²) in [5.74, 6) is -1.61. The number of sulfonamides is 1. The van der Waals surface area contributed by atoms with E-state index in [1.165, 1.54) is 36.4 Å². The summed E-state index contributed by atoms with van der Waals surface area (Å²) in [5, 5.41) is 14.3. The van der Waals surface area contributed by atoms with E-state index < -0.39 is 32.4 Å². The quantitative estimate of drug-likeness (QED) is 0.416. The third-order valence-corrected chi connectivity index (χ3v) is 5.06. The van der Waals surface area contributed by atoms with Crippen LogP contribution in [0.1, 0.15) is 15.9 Å². The Labute approximate surface area is 177 Å². The monoisotopic (exact) mass is 441 g/mol. The molecule has 0 aliphatic rings. The van der Waals surface area contributed by atoms with Crippen LogP contribution in [0.3, 0.4) is 0 Å². The standard InChI is InChI=1S/C21H16FN3O5S/c22-19-11-10-18(14-20(19)25(27)28)23-21(26)16-6-8-17(9-7-16)24-31(29,30)13-12-15-4-2-1-3-5-15/h1-14,24H,(H,23,26)/b13-12+. The molecule has 0 aromatic heterocycles. The van der Waals surface area contributed by atoms with Gasteiger partial charge in [-0.25, -0.2) is 8.42 Å². The second-order valence-electron chi connectivity index (χ2n) is 6.32. The largest absolute Gasteiger partial charge is 0.322 e. The van der Waals surface area contributed by atoms with Crippen molar-refractivity contribution in [1.29, 1.82) is 0 Å². The molecule has 3 aromatic carbocycles. The van der Waals surface area contributed by atoms with Crippen molar-refractivity contribution in [3.05, 3.63) is 105 Å². The molecule has 0 unspecified atom stereocenters. The maximum atomic E-state index is 13.4. The summed E-state index contributed by atoms with van der Waals surface area (Å²) in [7, 11) is -3.76. The Balaban J connectivity index is 1.67. The molecule has 0 saturated carbocycles. The molecular weight excluding hydrogens is 425 g/mol. The Hall–Kier alpha value is -4.05. The maximum absolute atomic E-state index is 13.4. The minimum atomic E-state index is -3.76. The van der Waals surface area contributed by atoms with Gasteiger partial charge in [0.1, 0.15) is 0 Å². The van der Waals surface area contributed by atoms with Crippen LogP contribution in [0, 0.1) is 15.9 Å². The van der Waals surface area contributed by atoms with Gasteiger partial charge in [0.25, 0.3) is 15.9 Å². The first-order chi connectivity index (χ1) is 14.7. The van der Waals surface area contributed by atoms with Crippen molar-refractivity contribution in [2.24, 2.45) is 0 Å². The second kappa shape index (κ2) is 9.18. The average Bonchev–Trinajstić information content (AvgIpc) is 2.74. The van der Waals surface area contributed by atoms with E-state index in [1.807, 2.05) is 6.07 Å². The molecule has 8 nitrogen and oxygen atoms in total. The van der Waals surface area contributed by atoms with E-state index in [0.29, 0.717) is 0 Å². The van der Waals surface area contributed by atoms with E-state index in [2.05, 4.69) is 10.0 Å². The number of nitrogens with one attached hydrogen (secondary N) is 2. The lowest BCUT2D eigenvalue weighted by molar-refractivity contribution is -0.387. The predicted molar refractivity (Wildman–Crippen MR) is 115 cm³/mol. The number of benzene rings is 3. The zero-order chi connectivity index (χ0) is 22.4. The SMILES string of the molecule is O=C(Nc1ccc(F)c([N+](=O)[O-])c1)c1ccc(NS(=O)(=O)/C=C/c2ccccc2)cc1. The zero-order valence-corrected chi connectivity index (χ0v) is 16.7. The molecule has 0 spiro atoms. The number of anilines is 2. The van der Waals surface area contributed by atoms with E-state index in [4.69, 9.17) is 0 Å². The van der Waals surface area contributed by atoms with Crippen LogP contribution >= 0.6 is 0 Å². The minimum absolute atomic E-state index is 0.0499. The lowest BCUT2D eigenvalue weighted by atomic mass is 10.2. The molecule has 10 heteroatoms. The molecule has 158 valence electrons. The fraction of sp³-hybridized carbons (Fsp3) is 0. The molecule has 31 heavy (non-hydrogen) atoms. The first-order valence-electron chi connectivity index (χ1n) is 8.85. The molecule has 0 aliphatic heterocycles. The Bertz CT molecular complexity index is 1240. The van der Waals surface area contributed by atoms with E-state index in [-0.39, 0.29) is 16.9 Å². The Kier molecular flexibility index (Phi) is 6.41. The highest BCUT2D eigenvalue weighted by molar-refractivity contribution is 7.95. The van der Waals surface area contributed by atoms with Crippen molar-refractivity contribution in [1.82, 2.24) is 0 Å². The molecule has 0 heterocycles. The molecule has 0 aliphatic carbocycles. The molecule has 1 amide bonds. The van der Waals surface area contributed by atoms with Crippen LogP contribution in [-0.2, 0) is 10.0 Å². The number of rotatable bonds is 7. The number of nitro benzene ring substituents is 1. The van der Waals surface area contributed by atoms with Crippen LogP contribution in [0.15, 0.2) is 78.2 Å². The molecule has 0 radical (unpaired) electrons. The Morgan fingerprint density at radius 3 is 2.26 bits per heavy atom. The van der Waals surface area contributed by atoms with Crippen LogP contribution in [0.2, 0.25) is 0 Å². The van der Waals surface area contributed by atoms with Crippen LogP contribution in [0.25, 0.3) is 6.08 Å². The normalized spacial score (nSPS) is 11.3. The van der Waals surface area contributed by atoms with E-state index in [1.54, 1.807) is 24.3 Å². The fourth-order valence-corrected chi connectivity index (χ4v) is 3.42. The average molecular weight is 441 g/mol. The summed E-state index contributed by atoms with van der Waals surface area (Å²) in [6, 6.07) is 17.5. The summed E-state index contributed by atoms with van der Waals surface area (Å²) in [6.07, 6.45) is 1.45. The smallest absolute Gasteiger partial charge is 0.306 e. The van der Waals surface area contributed by atoms with Crippen LogP contribution in [-0.4, -0.2) is 19.2 Å². The number of nitro groups is 1. The van der Waals surface area contributed by atoms with Gasteiger partial charge in [-0.15, -0.1) is 0 Å². The van der Waals surface area contributed by atoms with Crippen molar-refractivity contribution >= 4 is 39.1 Å². The van der Waals surface area contributed by atoms with Crippen molar-refractivity contribution in [3.63, 3.8) is 0 Å². The van der Waals surface area contributed by atoms with Crippen molar-refractivity contribution < 1.29 is 22.5 Å². The molecule has 0 atom stereocenters. The first kappa shape index (κ1) is 21.7. The summed E-state index contributed by atoms with van der Waals surface area (Å²) in [4.78, 5) is 22.2. The van der Waals surface area contributed by atoms with Gasteiger partial charge in [-0.05, 0) is 48.0 Å². The number of nitrogens with zero attached hydrogens (tertiary/aromatic N) is 1. The summed E-state index contributed by atoms with van der Waals surface area (Å²) in [6.45, 7) is 0. The van der Waals surface area contributed by atoms with Crippen LogP contribution in [0.4, 0.5) is 21.5 Å². The molecule has 0 bridgehead atoms. The van der Waals surface area contributed by atoms with Gasteiger partial charge in [0.05, 0.1) is 10.3 Å². The number of halogens is 1. The topological polar surface area (TPSA) is 118 Å². The van der Waals surface area contributed by atoms with Gasteiger partial charge in [0, 0.05) is 23.0 Å². The van der Waals surface area contributed by atoms with Crippen LogP contribution in [0.5, 0.6) is 0 Å². The highest BCUT2D eigenvalue weighted by atomic mass is 32.2. The van der Waals surface area contributed by atoms with Crippen molar-refractivity contribution in [2.45, 2.75) is 0 Å². The first-order valence-corrected chi connectivity index (χ1v) is 10.4. The molecule has 0 fully saturated rings. The summed E-state index contributed by atoms with van der Waals surface area (Å²) < 4.78 is 40.1. The maximum Gasteiger partial charge on any atom is 0.306 e. The van der Waals surface area contributed by atoms with Gasteiger partial charge in [-0.2, -0.15) is 4.39 Å². The third kappa shape index (κ3) is 5.97. The van der Waals surface area contributed by atoms with E-state index in [0.717, 1.165) is 23.1 Å². The van der Waals surface area contributed by atoms with E-state index >= 15 is 0 Å². The Morgan fingerprint density at radius 2 is 1.61 bits per heavy atom. The summed E-state index contributed by atoms with van der Waals surface area (Å²) in [5.41, 5.74) is 0.433. The Morgan fingerprint density at radius 1 is 0.968 bits per heavy atom. The lowest BCUT2D eigenvalue weighted by Gasteiger charge is -2.08. The van der Waals surface area contributed by atoms with Gasteiger partial charge >= 0.3 is 5.69 Å². The van der Waals surface area contributed by atoms with Gasteiger partial charge in [0.15, 0.2) is 0 Å². The highest BCUT2D eigenvalue weighted by Crippen LogP contribution is 2.22. The predicted octanol–water partition coefficient (Wildman–Crippen LogP) is 4.40. The van der Waals surface area contributed by atoms with Gasteiger partial charge in [-0.1, -0.05) is 30.3 Å². The number of hydrogen-bond acceptors (Lipinski definition) is 5. The lowest BCUT2D eigenvalue weighted by Crippen LogP contribution is -2.13. The fourth-order valence-electron chi connectivity index (χ4n) is 2.55. The number of amides is 1. The minimum Gasteiger partial charge on any atom is -0.322 e. The zero-order valence-electron chi connectivity index (χ0n) is 15.9. The number of hydrogen-bond donors (Lipinski definition) is 2. The second-order valence-corrected chi connectivity index (χ2v) is 7.88. The van der Waals surface area contributed by atoms with Gasteiger partial charge in [0.2, 0.25) is 5.82 Å². The molecule has 2 N–H and O–H groups in total. The van der Waals surface area contributed by atoms with E-state index in [9.17, 15) is 27.7 Å². The van der Waals surface area contributed by atoms with Crippen molar-refractivity contribution in [2.75, 3.05) is 10.0 Å². The van der Waals surface area contributed by atoms with Crippen molar-refractivity contribution in [3.8, 4) is 0 Å². The highest BCUT2D eigenvalue weighted by Gasteiger charge is 2.16. The third-order valence-electron chi connectivity index (χ3n) is 4.05. The van der Waals surface area contributed by atoms with Crippen LogP contribution < -0.4 is 10.0 Å². The molecule has 3 rings (SSSR count). The molecule has 3 aromatic rings.